The lowest BCUT2D eigenvalue weighted by Crippen LogP contribution is -2.48. The number of nitrogens with zero attached hydrogens (tertiary/aromatic N) is 3. The van der Waals surface area contributed by atoms with Crippen molar-refractivity contribution in [3.8, 4) is 0 Å². The molecule has 1 aliphatic heterocycles. The van der Waals surface area contributed by atoms with Crippen LogP contribution in [0.1, 0.15) is 15.9 Å². The second kappa shape index (κ2) is 5.37. The molecule has 1 N–H and O–H groups in total. The molecule has 1 aliphatic rings. The molecule has 2 heterocycles. The van der Waals surface area contributed by atoms with E-state index in [4.69, 9.17) is 5.11 Å². The number of piperazine rings is 1. The summed E-state index contributed by atoms with van der Waals surface area (Å²) < 4.78 is 24.3. The summed E-state index contributed by atoms with van der Waals surface area (Å²) >= 11 is 0. The Labute approximate surface area is 117 Å². The number of sulfonamides is 1. The lowest BCUT2D eigenvalue weighted by Gasteiger charge is -2.34. The van der Waals surface area contributed by atoms with E-state index in [0.717, 1.165) is 5.56 Å². The van der Waals surface area contributed by atoms with Crippen molar-refractivity contribution in [2.24, 2.45) is 0 Å². The van der Waals surface area contributed by atoms with Gasteiger partial charge in [-0.25, -0.2) is 18.2 Å². The molecule has 0 bridgehead atoms. The van der Waals surface area contributed by atoms with Crippen LogP contribution >= 0.6 is 0 Å². The molecular weight excluding hydrogens is 282 g/mol. The molecule has 1 fully saturated rings. The minimum atomic E-state index is -3.15. The molecule has 0 aliphatic carbocycles. The Morgan fingerprint density at radius 2 is 1.90 bits per heavy atom. The Morgan fingerprint density at radius 3 is 2.35 bits per heavy atom. The van der Waals surface area contributed by atoms with Crippen molar-refractivity contribution in [1.82, 2.24) is 9.29 Å². The number of anilines is 1. The minimum absolute atomic E-state index is 0.154. The molecule has 0 spiro atoms. The summed E-state index contributed by atoms with van der Waals surface area (Å²) in [6, 6.07) is 1.58. The van der Waals surface area contributed by atoms with Gasteiger partial charge in [0.25, 0.3) is 0 Å². The smallest absolute Gasteiger partial charge is 0.337 e. The van der Waals surface area contributed by atoms with Crippen molar-refractivity contribution in [3.63, 3.8) is 0 Å². The van der Waals surface area contributed by atoms with E-state index in [1.54, 1.807) is 13.0 Å². The zero-order valence-corrected chi connectivity index (χ0v) is 12.2. The van der Waals surface area contributed by atoms with Crippen molar-refractivity contribution >= 4 is 21.8 Å². The highest BCUT2D eigenvalue weighted by atomic mass is 32.2. The number of hydrogen-bond acceptors (Lipinski definition) is 5. The van der Waals surface area contributed by atoms with Gasteiger partial charge in [0.05, 0.1) is 11.8 Å². The van der Waals surface area contributed by atoms with E-state index in [-0.39, 0.29) is 5.56 Å². The Morgan fingerprint density at radius 1 is 1.30 bits per heavy atom. The van der Waals surface area contributed by atoms with Crippen LogP contribution in [0.2, 0.25) is 0 Å². The van der Waals surface area contributed by atoms with E-state index in [1.165, 1.54) is 16.8 Å². The fourth-order valence-electron chi connectivity index (χ4n) is 2.25. The summed E-state index contributed by atoms with van der Waals surface area (Å²) in [6.45, 7) is 3.74. The van der Waals surface area contributed by atoms with Gasteiger partial charge in [0, 0.05) is 32.4 Å². The first kappa shape index (κ1) is 14.7. The summed E-state index contributed by atoms with van der Waals surface area (Å²) in [4.78, 5) is 17.0. The summed E-state index contributed by atoms with van der Waals surface area (Å²) in [6.07, 6.45) is 2.53. The van der Waals surface area contributed by atoms with Crippen LogP contribution < -0.4 is 4.90 Å². The van der Waals surface area contributed by atoms with Crippen LogP contribution in [-0.2, 0) is 10.0 Å². The van der Waals surface area contributed by atoms with Gasteiger partial charge >= 0.3 is 5.97 Å². The van der Waals surface area contributed by atoms with Crippen molar-refractivity contribution < 1.29 is 18.3 Å². The van der Waals surface area contributed by atoms with E-state index in [9.17, 15) is 13.2 Å². The average molecular weight is 299 g/mol. The molecule has 0 amide bonds. The number of rotatable bonds is 3. The van der Waals surface area contributed by atoms with Crippen molar-refractivity contribution in [2.45, 2.75) is 6.92 Å². The van der Waals surface area contributed by atoms with Crippen LogP contribution in [0.5, 0.6) is 0 Å². The van der Waals surface area contributed by atoms with Crippen LogP contribution in [0, 0.1) is 6.92 Å². The van der Waals surface area contributed by atoms with Gasteiger partial charge in [-0.3, -0.25) is 0 Å². The number of hydrogen-bond donors (Lipinski definition) is 1. The molecule has 0 atom stereocenters. The topological polar surface area (TPSA) is 90.8 Å². The van der Waals surface area contributed by atoms with Crippen molar-refractivity contribution in [1.29, 1.82) is 0 Å². The molecule has 0 radical (unpaired) electrons. The van der Waals surface area contributed by atoms with Crippen LogP contribution in [0.15, 0.2) is 12.3 Å². The third kappa shape index (κ3) is 3.07. The van der Waals surface area contributed by atoms with E-state index in [0.29, 0.717) is 32.0 Å². The van der Waals surface area contributed by atoms with Gasteiger partial charge in [0.1, 0.15) is 5.82 Å². The molecule has 8 heteroatoms. The number of carbonyl (C=O) groups is 1. The molecule has 2 rings (SSSR count). The van der Waals surface area contributed by atoms with Crippen molar-refractivity contribution in [2.75, 3.05) is 37.3 Å². The summed E-state index contributed by atoms with van der Waals surface area (Å²) in [5.74, 6) is -0.294. The van der Waals surface area contributed by atoms with Crippen LogP contribution in [0.4, 0.5) is 5.82 Å². The van der Waals surface area contributed by atoms with Crippen LogP contribution in [-0.4, -0.2) is 61.2 Å². The molecule has 7 nitrogen and oxygen atoms in total. The first-order valence-corrected chi connectivity index (χ1v) is 8.04. The number of carboxylic acid groups (broad SMARTS) is 1. The number of aromatic carboxylic acids is 1. The molecule has 1 saturated heterocycles. The number of pyridine rings is 1. The standard InChI is InChI=1S/C12H17N3O4S/c1-9-7-10(12(16)17)8-13-11(9)14-3-5-15(6-4-14)20(2,18)19/h7-8H,3-6H2,1-2H3,(H,16,17). The Hall–Kier alpha value is -1.67. The highest BCUT2D eigenvalue weighted by Crippen LogP contribution is 2.20. The summed E-state index contributed by atoms with van der Waals surface area (Å²) in [5.41, 5.74) is 0.929. The second-order valence-electron chi connectivity index (χ2n) is 4.82. The Balaban J connectivity index is 2.13. The molecule has 1 aromatic rings. The third-order valence-corrected chi connectivity index (χ3v) is 4.61. The molecule has 0 unspecified atom stereocenters. The van der Waals surface area contributed by atoms with Gasteiger partial charge in [0.2, 0.25) is 10.0 Å². The average Bonchev–Trinajstić information content (AvgIpc) is 2.37. The first-order chi connectivity index (χ1) is 9.29. The monoisotopic (exact) mass is 299 g/mol. The largest absolute Gasteiger partial charge is 0.478 e. The maximum Gasteiger partial charge on any atom is 0.337 e. The zero-order valence-electron chi connectivity index (χ0n) is 11.4. The minimum Gasteiger partial charge on any atom is -0.478 e. The van der Waals surface area contributed by atoms with Gasteiger partial charge in [-0.15, -0.1) is 0 Å². The summed E-state index contributed by atoms with van der Waals surface area (Å²) in [5, 5.41) is 8.91. The van der Waals surface area contributed by atoms with Crippen molar-refractivity contribution in [3.05, 3.63) is 23.4 Å². The molecular formula is C12H17N3O4S. The fourth-order valence-corrected chi connectivity index (χ4v) is 3.07. The molecule has 0 saturated carbocycles. The summed E-state index contributed by atoms with van der Waals surface area (Å²) in [7, 11) is -3.15. The SMILES string of the molecule is Cc1cc(C(=O)O)cnc1N1CCN(S(C)(=O)=O)CC1. The first-order valence-electron chi connectivity index (χ1n) is 6.19. The van der Waals surface area contributed by atoms with Crippen LogP contribution in [0.3, 0.4) is 0 Å². The maximum absolute atomic E-state index is 11.4. The third-order valence-electron chi connectivity index (χ3n) is 3.30. The highest BCUT2D eigenvalue weighted by molar-refractivity contribution is 7.88. The predicted octanol–water partition coefficient (Wildman–Crippen LogP) is 0.170. The van der Waals surface area contributed by atoms with Gasteiger partial charge in [0.15, 0.2) is 0 Å². The normalized spacial score (nSPS) is 17.2. The molecule has 110 valence electrons. The lowest BCUT2D eigenvalue weighted by molar-refractivity contribution is 0.0696. The van der Waals surface area contributed by atoms with Gasteiger partial charge < -0.3 is 10.0 Å². The Kier molecular flexibility index (Phi) is 3.96. The number of aromatic nitrogens is 1. The number of aryl methyl sites for hydroxylation is 1. The van der Waals surface area contributed by atoms with E-state index >= 15 is 0 Å². The van der Waals surface area contributed by atoms with Gasteiger partial charge in [-0.05, 0) is 18.6 Å². The fraction of sp³-hybridized carbons (Fsp3) is 0.500. The Bertz CT molecular complexity index is 622. The quantitative estimate of drug-likeness (QED) is 0.855. The lowest BCUT2D eigenvalue weighted by atomic mass is 10.2. The van der Waals surface area contributed by atoms with E-state index < -0.39 is 16.0 Å². The zero-order chi connectivity index (χ0) is 14.9. The molecule has 20 heavy (non-hydrogen) atoms. The van der Waals surface area contributed by atoms with Crippen LogP contribution in [0.25, 0.3) is 0 Å². The van der Waals surface area contributed by atoms with E-state index in [1.807, 2.05) is 4.90 Å². The second-order valence-corrected chi connectivity index (χ2v) is 6.80. The highest BCUT2D eigenvalue weighted by Gasteiger charge is 2.24. The molecule has 0 aromatic carbocycles. The maximum atomic E-state index is 11.4. The predicted molar refractivity (Wildman–Crippen MR) is 74.6 cm³/mol. The van der Waals surface area contributed by atoms with Gasteiger partial charge in [-0.2, -0.15) is 4.31 Å². The van der Waals surface area contributed by atoms with E-state index in [2.05, 4.69) is 4.98 Å². The van der Waals surface area contributed by atoms with Gasteiger partial charge in [-0.1, -0.05) is 0 Å². The molecule has 1 aromatic heterocycles. The number of carboxylic acids is 1.